The van der Waals surface area contributed by atoms with Crippen molar-refractivity contribution in [1.82, 2.24) is 9.97 Å². The number of hydrogen-bond acceptors (Lipinski definition) is 1. The van der Waals surface area contributed by atoms with E-state index >= 15 is 0 Å². The fraction of sp³-hybridized carbons (Fsp3) is 0.0714. The fourth-order valence-corrected chi connectivity index (χ4v) is 2.59. The molecule has 0 fully saturated rings. The molecule has 4 heteroatoms. The maximum atomic E-state index is 13.2. The Labute approximate surface area is 112 Å². The predicted molar refractivity (Wildman–Crippen MR) is 73.9 cm³/mol. The monoisotopic (exact) mass is 304 g/mol. The number of imidazole rings is 1. The van der Waals surface area contributed by atoms with Crippen LogP contribution in [0, 0.1) is 12.7 Å². The molecule has 0 amide bonds. The summed E-state index contributed by atoms with van der Waals surface area (Å²) in [5, 5.41) is 0. The topological polar surface area (TPSA) is 28.7 Å². The zero-order valence-electron chi connectivity index (χ0n) is 9.67. The Balaban J connectivity index is 2.22. The maximum absolute atomic E-state index is 13.2. The standard InChI is InChI=1S/C14H10BrFN2/c1-8-5-10(15)7-12-13(8)18-14(17-12)9-3-2-4-11(16)6-9/h2-7H,1H3,(H,17,18). The van der Waals surface area contributed by atoms with Crippen molar-refractivity contribution in [2.75, 3.05) is 0 Å². The molecule has 0 saturated carbocycles. The molecular formula is C14H10BrFN2. The Morgan fingerprint density at radius 2 is 2.06 bits per heavy atom. The van der Waals surface area contributed by atoms with Crippen molar-refractivity contribution in [1.29, 1.82) is 0 Å². The van der Waals surface area contributed by atoms with Crippen molar-refractivity contribution in [3.05, 3.63) is 52.3 Å². The molecule has 0 spiro atoms. The van der Waals surface area contributed by atoms with Gasteiger partial charge in [-0.05, 0) is 36.8 Å². The van der Waals surface area contributed by atoms with Gasteiger partial charge >= 0.3 is 0 Å². The first kappa shape index (κ1) is 11.4. The number of rotatable bonds is 1. The summed E-state index contributed by atoms with van der Waals surface area (Å²) in [6, 6.07) is 10.4. The molecule has 0 radical (unpaired) electrons. The number of benzene rings is 2. The predicted octanol–water partition coefficient (Wildman–Crippen LogP) is 4.44. The third-order valence-corrected chi connectivity index (χ3v) is 3.30. The highest BCUT2D eigenvalue weighted by Gasteiger charge is 2.08. The second-order valence-electron chi connectivity index (χ2n) is 4.21. The van der Waals surface area contributed by atoms with Gasteiger partial charge in [0.05, 0.1) is 11.0 Å². The van der Waals surface area contributed by atoms with Crippen LogP contribution in [-0.2, 0) is 0 Å². The minimum Gasteiger partial charge on any atom is -0.338 e. The van der Waals surface area contributed by atoms with Crippen LogP contribution in [-0.4, -0.2) is 9.97 Å². The normalized spacial score (nSPS) is 11.1. The van der Waals surface area contributed by atoms with Gasteiger partial charge in [0.1, 0.15) is 11.6 Å². The Morgan fingerprint density at radius 3 is 2.83 bits per heavy atom. The number of aromatic amines is 1. The second-order valence-corrected chi connectivity index (χ2v) is 5.13. The number of nitrogens with zero attached hydrogens (tertiary/aromatic N) is 1. The van der Waals surface area contributed by atoms with Crippen LogP contribution in [0.15, 0.2) is 40.9 Å². The Morgan fingerprint density at radius 1 is 1.22 bits per heavy atom. The largest absolute Gasteiger partial charge is 0.338 e. The van der Waals surface area contributed by atoms with Crippen LogP contribution < -0.4 is 0 Å². The zero-order valence-corrected chi connectivity index (χ0v) is 11.3. The summed E-state index contributed by atoms with van der Waals surface area (Å²) in [5.74, 6) is 0.427. The van der Waals surface area contributed by atoms with Gasteiger partial charge in [-0.15, -0.1) is 0 Å². The highest BCUT2D eigenvalue weighted by atomic mass is 79.9. The van der Waals surface area contributed by atoms with Crippen molar-refractivity contribution in [3.63, 3.8) is 0 Å². The van der Waals surface area contributed by atoms with E-state index in [0.717, 1.165) is 26.6 Å². The van der Waals surface area contributed by atoms with E-state index in [9.17, 15) is 4.39 Å². The van der Waals surface area contributed by atoms with Crippen molar-refractivity contribution in [2.24, 2.45) is 0 Å². The molecular weight excluding hydrogens is 295 g/mol. The van der Waals surface area contributed by atoms with Gasteiger partial charge in [0.25, 0.3) is 0 Å². The van der Waals surface area contributed by atoms with Gasteiger partial charge in [-0.2, -0.15) is 0 Å². The molecule has 0 aliphatic carbocycles. The number of aryl methyl sites for hydroxylation is 1. The third-order valence-electron chi connectivity index (χ3n) is 2.84. The number of halogens is 2. The molecule has 0 saturated heterocycles. The maximum Gasteiger partial charge on any atom is 0.138 e. The van der Waals surface area contributed by atoms with E-state index in [4.69, 9.17) is 0 Å². The van der Waals surface area contributed by atoms with E-state index in [2.05, 4.69) is 25.9 Å². The van der Waals surface area contributed by atoms with Gasteiger partial charge in [0.15, 0.2) is 0 Å². The molecule has 0 atom stereocenters. The molecule has 1 heterocycles. The molecule has 90 valence electrons. The van der Waals surface area contributed by atoms with Gasteiger partial charge in [-0.3, -0.25) is 0 Å². The molecule has 0 aliphatic rings. The van der Waals surface area contributed by atoms with Crippen LogP contribution >= 0.6 is 15.9 Å². The number of H-pyrrole nitrogens is 1. The van der Waals surface area contributed by atoms with Crippen molar-refractivity contribution < 1.29 is 4.39 Å². The lowest BCUT2D eigenvalue weighted by atomic mass is 10.2. The highest BCUT2D eigenvalue weighted by molar-refractivity contribution is 9.10. The van der Waals surface area contributed by atoms with Crippen molar-refractivity contribution in [2.45, 2.75) is 6.92 Å². The molecule has 0 aliphatic heterocycles. The van der Waals surface area contributed by atoms with Crippen LogP contribution in [0.1, 0.15) is 5.56 Å². The van der Waals surface area contributed by atoms with Crippen LogP contribution in [0.25, 0.3) is 22.4 Å². The molecule has 1 N–H and O–H groups in total. The number of nitrogens with one attached hydrogen (secondary N) is 1. The van der Waals surface area contributed by atoms with Gasteiger partial charge in [0.2, 0.25) is 0 Å². The SMILES string of the molecule is Cc1cc(Br)cc2[nH]c(-c3cccc(F)c3)nc12. The number of aromatic nitrogens is 2. The number of fused-ring (bicyclic) bond motifs is 1. The Kier molecular flexibility index (Phi) is 2.67. The smallest absolute Gasteiger partial charge is 0.138 e. The lowest BCUT2D eigenvalue weighted by Gasteiger charge is -1.95. The quantitative estimate of drug-likeness (QED) is 0.707. The summed E-state index contributed by atoms with van der Waals surface area (Å²) in [6.45, 7) is 2.00. The molecule has 3 aromatic rings. The van der Waals surface area contributed by atoms with E-state index in [0.29, 0.717) is 5.82 Å². The summed E-state index contributed by atoms with van der Waals surface area (Å²) in [7, 11) is 0. The molecule has 3 rings (SSSR count). The minimum atomic E-state index is -0.258. The first-order valence-electron chi connectivity index (χ1n) is 5.55. The van der Waals surface area contributed by atoms with Crippen molar-refractivity contribution >= 4 is 27.0 Å². The molecule has 0 bridgehead atoms. The first-order valence-corrected chi connectivity index (χ1v) is 6.34. The summed E-state index contributed by atoms with van der Waals surface area (Å²) < 4.78 is 14.2. The molecule has 18 heavy (non-hydrogen) atoms. The Bertz CT molecular complexity index is 734. The highest BCUT2D eigenvalue weighted by Crippen LogP contribution is 2.26. The lowest BCUT2D eigenvalue weighted by molar-refractivity contribution is 0.628. The third kappa shape index (κ3) is 1.93. The lowest BCUT2D eigenvalue weighted by Crippen LogP contribution is -1.81. The fourth-order valence-electron chi connectivity index (χ4n) is 2.02. The Hall–Kier alpha value is -1.68. The van der Waals surface area contributed by atoms with E-state index in [1.807, 2.05) is 25.1 Å². The average molecular weight is 305 g/mol. The molecule has 1 aromatic heterocycles. The van der Waals surface area contributed by atoms with E-state index < -0.39 is 0 Å². The summed E-state index contributed by atoms with van der Waals surface area (Å²) in [6.07, 6.45) is 0. The summed E-state index contributed by atoms with van der Waals surface area (Å²) >= 11 is 3.45. The van der Waals surface area contributed by atoms with Gasteiger partial charge in [-0.25, -0.2) is 9.37 Å². The zero-order chi connectivity index (χ0) is 12.7. The van der Waals surface area contributed by atoms with Crippen LogP contribution in [0.4, 0.5) is 4.39 Å². The van der Waals surface area contributed by atoms with Gasteiger partial charge in [0, 0.05) is 10.0 Å². The number of hydrogen-bond donors (Lipinski definition) is 1. The summed E-state index contributed by atoms with van der Waals surface area (Å²) in [4.78, 5) is 7.73. The summed E-state index contributed by atoms with van der Waals surface area (Å²) in [5.41, 5.74) is 3.69. The van der Waals surface area contributed by atoms with Gasteiger partial charge < -0.3 is 4.98 Å². The van der Waals surface area contributed by atoms with Crippen LogP contribution in [0.2, 0.25) is 0 Å². The van der Waals surface area contributed by atoms with Crippen LogP contribution in [0.3, 0.4) is 0 Å². The van der Waals surface area contributed by atoms with Crippen molar-refractivity contribution in [3.8, 4) is 11.4 Å². The van der Waals surface area contributed by atoms with E-state index in [1.165, 1.54) is 12.1 Å². The first-order chi connectivity index (χ1) is 8.63. The van der Waals surface area contributed by atoms with Gasteiger partial charge in [-0.1, -0.05) is 28.1 Å². The van der Waals surface area contributed by atoms with E-state index in [1.54, 1.807) is 6.07 Å². The molecule has 0 unspecified atom stereocenters. The minimum absolute atomic E-state index is 0.258. The van der Waals surface area contributed by atoms with E-state index in [-0.39, 0.29) is 5.82 Å². The van der Waals surface area contributed by atoms with Crippen LogP contribution in [0.5, 0.6) is 0 Å². The second kappa shape index (κ2) is 4.21. The average Bonchev–Trinajstić information content (AvgIpc) is 2.73. The molecule has 2 aromatic carbocycles. The molecule has 2 nitrogen and oxygen atoms in total.